The average molecular weight is 193 g/mol. The molecule has 3 heteroatoms. The van der Waals surface area contributed by atoms with Gasteiger partial charge in [0.15, 0.2) is 0 Å². The van der Waals surface area contributed by atoms with Crippen LogP contribution in [0, 0.1) is 0 Å². The van der Waals surface area contributed by atoms with Gasteiger partial charge in [0.25, 0.3) is 0 Å². The van der Waals surface area contributed by atoms with Crippen LogP contribution in [0.5, 0.6) is 11.5 Å². The fourth-order valence-electron chi connectivity index (χ4n) is 1.30. The first-order chi connectivity index (χ1) is 6.83. The molecular formula is C11H15NO2. The van der Waals surface area contributed by atoms with Crippen molar-refractivity contribution in [3.8, 4) is 11.5 Å². The highest BCUT2D eigenvalue weighted by Gasteiger charge is 2.24. The topological polar surface area (TPSA) is 31.4 Å². The molecule has 1 fully saturated rings. The fraction of sp³-hybridized carbons (Fsp3) is 0.545. The van der Waals surface area contributed by atoms with Crippen LogP contribution >= 0.6 is 0 Å². The highest BCUT2D eigenvalue weighted by atomic mass is 16.5. The van der Waals surface area contributed by atoms with Crippen molar-refractivity contribution in [2.45, 2.75) is 32.3 Å². The summed E-state index contributed by atoms with van der Waals surface area (Å²) >= 11 is 0. The molecule has 0 spiro atoms. The quantitative estimate of drug-likeness (QED) is 0.734. The van der Waals surface area contributed by atoms with Crippen molar-refractivity contribution in [1.29, 1.82) is 0 Å². The van der Waals surface area contributed by atoms with E-state index in [0.717, 1.165) is 23.6 Å². The summed E-state index contributed by atoms with van der Waals surface area (Å²) in [6.07, 6.45) is 5.37. The maximum atomic E-state index is 5.75. The molecular weight excluding hydrogens is 178 g/mol. The molecule has 0 saturated heterocycles. The van der Waals surface area contributed by atoms with Gasteiger partial charge in [-0.15, -0.1) is 0 Å². The van der Waals surface area contributed by atoms with Crippen LogP contribution in [0.1, 0.15) is 25.5 Å². The third-order valence-electron chi connectivity index (χ3n) is 2.29. The minimum Gasteiger partial charge on any atom is -0.495 e. The number of nitrogens with zero attached hydrogens (tertiary/aromatic N) is 1. The summed E-state index contributed by atoms with van der Waals surface area (Å²) in [5.41, 5.74) is 1.01. The predicted molar refractivity (Wildman–Crippen MR) is 53.8 cm³/mol. The van der Waals surface area contributed by atoms with Gasteiger partial charge in [0.05, 0.1) is 25.1 Å². The number of hydrogen-bond donors (Lipinski definition) is 0. The Balaban J connectivity index is 2.21. The first kappa shape index (κ1) is 9.31. The Kier molecular flexibility index (Phi) is 2.57. The summed E-state index contributed by atoms with van der Waals surface area (Å²) < 4.78 is 10.9. The fourth-order valence-corrected chi connectivity index (χ4v) is 1.30. The number of pyridine rings is 1. The lowest BCUT2D eigenvalue weighted by Gasteiger charge is -2.09. The molecule has 2 rings (SSSR count). The monoisotopic (exact) mass is 193 g/mol. The van der Waals surface area contributed by atoms with E-state index in [2.05, 4.69) is 11.9 Å². The Hall–Kier alpha value is -1.25. The van der Waals surface area contributed by atoms with Gasteiger partial charge in [0.1, 0.15) is 11.5 Å². The maximum Gasteiger partial charge on any atom is 0.144 e. The molecule has 0 N–H and O–H groups in total. The molecule has 0 aromatic carbocycles. The van der Waals surface area contributed by atoms with Crippen molar-refractivity contribution in [1.82, 2.24) is 4.98 Å². The largest absolute Gasteiger partial charge is 0.495 e. The molecule has 1 heterocycles. The molecule has 0 radical (unpaired) electrons. The van der Waals surface area contributed by atoms with Crippen LogP contribution in [-0.4, -0.2) is 18.2 Å². The Morgan fingerprint density at radius 2 is 2.29 bits per heavy atom. The van der Waals surface area contributed by atoms with E-state index in [1.165, 1.54) is 12.8 Å². The number of ether oxygens (including phenoxy) is 2. The lowest BCUT2D eigenvalue weighted by Crippen LogP contribution is -2.01. The van der Waals surface area contributed by atoms with Crippen molar-refractivity contribution in [2.24, 2.45) is 0 Å². The molecule has 1 aromatic rings. The van der Waals surface area contributed by atoms with Gasteiger partial charge in [-0.2, -0.15) is 0 Å². The molecule has 0 aliphatic heterocycles. The molecule has 0 atom stereocenters. The van der Waals surface area contributed by atoms with E-state index in [9.17, 15) is 0 Å². The lowest BCUT2D eigenvalue weighted by molar-refractivity contribution is 0.295. The van der Waals surface area contributed by atoms with Gasteiger partial charge in [0.2, 0.25) is 0 Å². The third kappa shape index (κ3) is 1.97. The number of methoxy groups -OCH3 is 1. The van der Waals surface area contributed by atoms with E-state index in [-0.39, 0.29) is 0 Å². The van der Waals surface area contributed by atoms with Gasteiger partial charge in [-0.05, 0) is 19.3 Å². The lowest BCUT2D eigenvalue weighted by atomic mass is 10.2. The second-order valence-corrected chi connectivity index (χ2v) is 3.49. The van der Waals surface area contributed by atoms with Gasteiger partial charge in [-0.25, -0.2) is 0 Å². The maximum absolute atomic E-state index is 5.75. The molecule has 1 aliphatic rings. The van der Waals surface area contributed by atoms with E-state index in [4.69, 9.17) is 9.47 Å². The first-order valence-electron chi connectivity index (χ1n) is 5.03. The van der Waals surface area contributed by atoms with E-state index < -0.39 is 0 Å². The normalized spacial score (nSPS) is 15.3. The summed E-state index contributed by atoms with van der Waals surface area (Å²) in [7, 11) is 1.64. The van der Waals surface area contributed by atoms with Gasteiger partial charge in [-0.1, -0.05) is 6.92 Å². The van der Waals surface area contributed by atoms with Crippen molar-refractivity contribution >= 4 is 0 Å². The van der Waals surface area contributed by atoms with Gasteiger partial charge in [-0.3, -0.25) is 4.98 Å². The molecule has 0 amide bonds. The molecule has 0 bridgehead atoms. The molecule has 1 aromatic heterocycles. The second kappa shape index (κ2) is 3.86. The third-order valence-corrected chi connectivity index (χ3v) is 2.29. The standard InChI is InChI=1S/C11H15NO2/c1-3-10-11(14-8-4-5-8)6-9(13-2)7-12-10/h6-8H,3-5H2,1-2H3. The zero-order chi connectivity index (χ0) is 9.97. The zero-order valence-electron chi connectivity index (χ0n) is 8.62. The summed E-state index contributed by atoms with van der Waals surface area (Å²) in [5.74, 6) is 1.65. The molecule has 76 valence electrons. The van der Waals surface area contributed by atoms with Gasteiger partial charge >= 0.3 is 0 Å². The summed E-state index contributed by atoms with van der Waals surface area (Å²) in [6.45, 7) is 2.08. The first-order valence-corrected chi connectivity index (χ1v) is 5.03. The van der Waals surface area contributed by atoms with Crippen molar-refractivity contribution in [3.63, 3.8) is 0 Å². The van der Waals surface area contributed by atoms with Gasteiger partial charge < -0.3 is 9.47 Å². The van der Waals surface area contributed by atoms with Crippen LogP contribution in [0.25, 0.3) is 0 Å². The minimum atomic E-state index is 0.411. The van der Waals surface area contributed by atoms with Crippen LogP contribution in [-0.2, 0) is 6.42 Å². The molecule has 14 heavy (non-hydrogen) atoms. The van der Waals surface area contributed by atoms with E-state index in [1.54, 1.807) is 13.3 Å². The Labute approximate surface area is 84.1 Å². The number of aryl methyl sites for hydroxylation is 1. The minimum absolute atomic E-state index is 0.411. The number of aromatic nitrogens is 1. The van der Waals surface area contributed by atoms with E-state index >= 15 is 0 Å². The van der Waals surface area contributed by atoms with E-state index in [1.807, 2.05) is 6.07 Å². The smallest absolute Gasteiger partial charge is 0.144 e. The Bertz CT molecular complexity index is 321. The van der Waals surface area contributed by atoms with Crippen LogP contribution in [0.15, 0.2) is 12.3 Å². The number of hydrogen-bond acceptors (Lipinski definition) is 3. The summed E-state index contributed by atoms with van der Waals surface area (Å²) in [6, 6.07) is 1.92. The van der Waals surface area contributed by atoms with Crippen LogP contribution in [0.3, 0.4) is 0 Å². The van der Waals surface area contributed by atoms with Crippen molar-refractivity contribution < 1.29 is 9.47 Å². The predicted octanol–water partition coefficient (Wildman–Crippen LogP) is 2.19. The molecule has 0 unspecified atom stereocenters. The molecule has 1 aliphatic carbocycles. The van der Waals surface area contributed by atoms with Crippen LogP contribution in [0.2, 0.25) is 0 Å². The van der Waals surface area contributed by atoms with Gasteiger partial charge in [0, 0.05) is 6.07 Å². The highest BCUT2D eigenvalue weighted by Crippen LogP contribution is 2.30. The number of rotatable bonds is 4. The van der Waals surface area contributed by atoms with Crippen molar-refractivity contribution in [2.75, 3.05) is 7.11 Å². The SMILES string of the molecule is CCc1ncc(OC)cc1OC1CC1. The molecule has 1 saturated carbocycles. The molecule has 3 nitrogen and oxygen atoms in total. The van der Waals surface area contributed by atoms with Crippen LogP contribution in [0.4, 0.5) is 0 Å². The summed E-state index contributed by atoms with van der Waals surface area (Å²) in [5, 5.41) is 0. The van der Waals surface area contributed by atoms with Crippen molar-refractivity contribution in [3.05, 3.63) is 18.0 Å². The Morgan fingerprint density at radius 1 is 1.50 bits per heavy atom. The zero-order valence-corrected chi connectivity index (χ0v) is 8.62. The highest BCUT2D eigenvalue weighted by molar-refractivity contribution is 5.35. The average Bonchev–Trinajstić information content (AvgIpc) is 3.01. The van der Waals surface area contributed by atoms with Crippen LogP contribution < -0.4 is 9.47 Å². The van der Waals surface area contributed by atoms with E-state index in [0.29, 0.717) is 6.10 Å². The second-order valence-electron chi connectivity index (χ2n) is 3.49. The Morgan fingerprint density at radius 3 is 2.86 bits per heavy atom. The summed E-state index contributed by atoms with van der Waals surface area (Å²) in [4.78, 5) is 4.30.